The molecule has 70 heavy (non-hydrogen) atoms. The summed E-state index contributed by atoms with van der Waals surface area (Å²) >= 11 is 0. The van der Waals surface area contributed by atoms with Crippen molar-refractivity contribution in [2.24, 2.45) is 27.6 Å². The summed E-state index contributed by atoms with van der Waals surface area (Å²) in [7, 11) is 1.42. The third-order valence-corrected chi connectivity index (χ3v) is 12.3. The molecule has 13 heteroatoms. The Morgan fingerprint density at radius 2 is 1.10 bits per heavy atom. The van der Waals surface area contributed by atoms with Crippen molar-refractivity contribution in [1.82, 2.24) is 5.32 Å². The quantitative estimate of drug-likeness (QED) is 0.0497. The summed E-state index contributed by atoms with van der Waals surface area (Å²) in [6.45, 7) is 35.5. The van der Waals surface area contributed by atoms with E-state index in [2.05, 4.69) is 61.2 Å². The van der Waals surface area contributed by atoms with E-state index in [1.807, 2.05) is 113 Å². The Kier molecular flexibility index (Phi) is 46.2. The van der Waals surface area contributed by atoms with E-state index in [0.717, 1.165) is 44.1 Å². The number of aliphatic hydroxyl groups is 1. The van der Waals surface area contributed by atoms with Crippen LogP contribution >= 0.6 is 0 Å². The van der Waals surface area contributed by atoms with E-state index < -0.39 is 17.9 Å². The van der Waals surface area contributed by atoms with Gasteiger partial charge in [0.05, 0.1) is 49.1 Å². The Hall–Kier alpha value is -2.94. The van der Waals surface area contributed by atoms with Gasteiger partial charge in [0.15, 0.2) is 0 Å². The van der Waals surface area contributed by atoms with Gasteiger partial charge >= 0.3 is 69.3 Å². The molecule has 0 bridgehead atoms. The molecular weight excluding hydrogens is 914 g/mol. The predicted octanol–water partition coefficient (Wildman–Crippen LogP) is 8.78. The molecule has 398 valence electrons. The van der Waals surface area contributed by atoms with Crippen molar-refractivity contribution in [2.75, 3.05) is 20.3 Å². The number of hydrogen-bond donors (Lipinski definition) is 2. The summed E-state index contributed by atoms with van der Waals surface area (Å²) in [6.07, 6.45) is 8.02. The molecule has 0 spiro atoms. The molecule has 0 radical (unpaired) electrons. The number of ketones is 1. The fourth-order valence-electron chi connectivity index (χ4n) is 4.55. The second-order valence-electron chi connectivity index (χ2n) is 19.9. The zero-order valence-corrected chi connectivity index (χ0v) is 50.9. The van der Waals surface area contributed by atoms with Crippen molar-refractivity contribution in [2.45, 2.75) is 207 Å². The molecule has 2 aromatic carbocycles. The third kappa shape index (κ3) is 38.7. The van der Waals surface area contributed by atoms with Crippen LogP contribution in [0.25, 0.3) is 0 Å². The first kappa shape index (κ1) is 76.0. The van der Waals surface area contributed by atoms with E-state index in [1.54, 1.807) is 20.8 Å². The van der Waals surface area contributed by atoms with Crippen LogP contribution in [-0.4, -0.2) is 67.0 Å². The molecule has 2 N–H and O–H groups in total. The number of hydrogen-bond acceptors (Lipinski definition) is 11. The van der Waals surface area contributed by atoms with Crippen LogP contribution < -0.4 is 61.8 Å². The molecule has 0 heterocycles. The van der Waals surface area contributed by atoms with E-state index in [-0.39, 0.29) is 109 Å². The molecule has 3 unspecified atom stereocenters. The summed E-state index contributed by atoms with van der Waals surface area (Å²) in [6, 6.07) is 20.4. The minimum atomic E-state index is -1.27. The average molecular weight is 1010 g/mol. The van der Waals surface area contributed by atoms with Crippen molar-refractivity contribution >= 4 is 35.6 Å². The zero-order valence-electron chi connectivity index (χ0n) is 47.7. The molecule has 0 fully saturated rings. The number of carbonyl (C=O) groups is 6. The summed E-state index contributed by atoms with van der Waals surface area (Å²) < 4.78 is 14.8. The van der Waals surface area contributed by atoms with Gasteiger partial charge in [-0.3, -0.25) is 24.0 Å². The summed E-state index contributed by atoms with van der Waals surface area (Å²) in [5.41, 5.74) is 1.07. The van der Waals surface area contributed by atoms with Crippen LogP contribution in [0.2, 0.25) is 0 Å². The summed E-state index contributed by atoms with van der Waals surface area (Å²) in [5, 5.41) is 21.3. The van der Waals surface area contributed by atoms with Gasteiger partial charge in [0.1, 0.15) is 12.4 Å². The zero-order chi connectivity index (χ0) is 54.4. The fraction of sp³-hybridized carbons (Fsp3) is 0.684. The van der Waals surface area contributed by atoms with Gasteiger partial charge in [-0.15, -0.1) is 0 Å². The van der Waals surface area contributed by atoms with Crippen molar-refractivity contribution in [3.8, 4) is 0 Å². The number of amides is 1. The van der Waals surface area contributed by atoms with Crippen LogP contribution in [0.1, 0.15) is 206 Å². The monoisotopic (exact) mass is 1010 g/mol. The maximum absolute atomic E-state index is 11.6. The normalized spacial score (nSPS) is 12.0. The number of carboxylic acids is 1. The van der Waals surface area contributed by atoms with E-state index in [9.17, 15) is 33.9 Å². The molecule has 0 aromatic heterocycles. The van der Waals surface area contributed by atoms with E-state index in [0.29, 0.717) is 38.4 Å². The molecule has 0 aliphatic heterocycles. The van der Waals surface area contributed by atoms with Gasteiger partial charge in [-0.05, 0) is 103 Å². The van der Waals surface area contributed by atoms with Crippen LogP contribution in [0.4, 0.5) is 0 Å². The summed E-state index contributed by atoms with van der Waals surface area (Å²) in [4.78, 5) is 66.2. The standard InChI is InChI=1S/C13H18O2.C10H20O2.C10H14.C9H18O2.C8H15NO3.C7H14O2.K/c1-4-13(2,3)12(14)15-10-11-8-6-5-7-9-11;1-5-10(3,4)9(12)7-6-8(2)11;1-3-9(2)10-7-5-4-6-8-10;1-4-6-7-11-9(10)8(3)5-2;1-4-8(2,3)7(12)9-5-6(10)11;1-5-7(2,3)6(8)9-4;/h5-9H,4,10H2,1-3H3;8,11H,5-7H2,1-4H3;4-9H,3H2,1-2H3;8H,4-7H2,1-3H3;4-5H2,1-3H3,(H,9,12)(H,10,11);5H2,1-4H3;/q;;;;;;+1/p-1. The number of esters is 3. The number of methoxy groups -OCH3 is 1. The predicted molar refractivity (Wildman–Crippen MR) is 279 cm³/mol. The number of rotatable bonds is 22. The minimum Gasteiger partial charge on any atom is -0.548 e. The van der Waals surface area contributed by atoms with Crippen LogP contribution in [0.3, 0.4) is 0 Å². The molecular formula is C57H98KNO11. The van der Waals surface area contributed by atoms with Crippen LogP contribution in [0.15, 0.2) is 60.7 Å². The van der Waals surface area contributed by atoms with Gasteiger partial charge in [0.25, 0.3) is 0 Å². The maximum Gasteiger partial charge on any atom is 1.00 e. The van der Waals surface area contributed by atoms with E-state index >= 15 is 0 Å². The molecule has 1 amide bonds. The van der Waals surface area contributed by atoms with Crippen LogP contribution in [-0.2, 0) is 49.6 Å². The number of Topliss-reactive ketones (excluding diaryl/α,β-unsaturated/α-hetero) is 1. The number of unbranched alkanes of at least 4 members (excludes halogenated alkanes) is 1. The second kappa shape index (κ2) is 42.6. The topological polar surface area (TPSA) is 185 Å². The number of carboxylic acid groups (broad SMARTS) is 1. The maximum atomic E-state index is 11.6. The fourth-order valence-corrected chi connectivity index (χ4v) is 4.55. The average Bonchev–Trinajstić information content (AvgIpc) is 3.34. The summed E-state index contributed by atoms with van der Waals surface area (Å²) in [5.74, 6) is -0.816. The SMILES string of the molecule is CCC(C)(C)C(=O)CCC(C)O.CCC(C)(C)C(=O)NCC(=O)[O-].CCC(C)(C)C(=O)OC.CCC(C)(C)C(=O)OCc1ccccc1.CCC(C)c1ccccc1.CCCCOC(=O)C(C)CC.[K+]. The minimum absolute atomic E-state index is 0. The Morgan fingerprint density at radius 3 is 1.47 bits per heavy atom. The number of aliphatic hydroxyl groups excluding tert-OH is 1. The van der Waals surface area contributed by atoms with Gasteiger partial charge in [0.2, 0.25) is 5.91 Å². The smallest absolute Gasteiger partial charge is 0.548 e. The first-order chi connectivity index (χ1) is 32.0. The van der Waals surface area contributed by atoms with Crippen molar-refractivity contribution in [1.29, 1.82) is 0 Å². The number of ether oxygens (including phenoxy) is 3. The molecule has 2 aromatic rings. The Morgan fingerprint density at radius 1 is 0.643 bits per heavy atom. The van der Waals surface area contributed by atoms with Gasteiger partial charge < -0.3 is 34.5 Å². The van der Waals surface area contributed by atoms with Gasteiger partial charge in [0, 0.05) is 17.3 Å². The first-order valence-corrected chi connectivity index (χ1v) is 25.2. The van der Waals surface area contributed by atoms with Crippen LogP contribution in [0.5, 0.6) is 0 Å². The largest absolute Gasteiger partial charge is 1.00 e. The van der Waals surface area contributed by atoms with Crippen molar-refractivity contribution in [3.63, 3.8) is 0 Å². The molecule has 0 aliphatic carbocycles. The molecule has 12 nitrogen and oxygen atoms in total. The first-order valence-electron chi connectivity index (χ1n) is 25.2. The van der Waals surface area contributed by atoms with Crippen LogP contribution in [0, 0.1) is 27.6 Å². The molecule has 0 aliphatic rings. The van der Waals surface area contributed by atoms with Crippen molar-refractivity contribution in [3.05, 3.63) is 71.8 Å². The third-order valence-electron chi connectivity index (χ3n) is 12.3. The number of nitrogens with one attached hydrogen (secondary N) is 1. The molecule has 2 rings (SSSR count). The number of aliphatic carboxylic acids is 1. The van der Waals surface area contributed by atoms with Crippen molar-refractivity contribution < 1.29 is 105 Å². The Labute approximate surface area is 468 Å². The Bertz CT molecular complexity index is 1680. The van der Waals surface area contributed by atoms with Gasteiger partial charge in [-0.1, -0.05) is 157 Å². The molecule has 0 saturated carbocycles. The van der Waals surface area contributed by atoms with E-state index in [4.69, 9.17) is 14.6 Å². The molecule has 0 saturated heterocycles. The molecule has 3 atom stereocenters. The number of carbonyl (C=O) groups excluding carboxylic acids is 6. The Balaban J connectivity index is -0.000000243. The van der Waals surface area contributed by atoms with E-state index in [1.165, 1.54) is 19.1 Å². The van der Waals surface area contributed by atoms with Gasteiger partial charge in [-0.2, -0.15) is 0 Å². The van der Waals surface area contributed by atoms with Gasteiger partial charge in [-0.25, -0.2) is 0 Å². The number of benzene rings is 2. The second-order valence-corrected chi connectivity index (χ2v) is 19.9.